The van der Waals surface area contributed by atoms with Gasteiger partial charge in [0.25, 0.3) is 4.84 Å². The zero-order valence-corrected chi connectivity index (χ0v) is 22.5. The molecule has 0 radical (unpaired) electrons. The molecule has 3 aromatic rings. The van der Waals surface area contributed by atoms with Crippen molar-refractivity contribution in [1.29, 1.82) is 0 Å². The van der Waals surface area contributed by atoms with Crippen LogP contribution in [-0.2, 0) is 23.1 Å². The van der Waals surface area contributed by atoms with Crippen LogP contribution < -0.4 is 9.47 Å². The number of ether oxygens (including phenoxy) is 2. The number of rotatable bonds is 10. The first kappa shape index (κ1) is 26.3. The SMILES string of the molecule is COc1ccc(CCN(C)Cn2nc(-c3cccc(S(=O)(=O)N4CCCCC4)c3)oc2=S)cc1OC. The van der Waals surface area contributed by atoms with Crippen LogP contribution in [0.15, 0.2) is 51.8 Å². The summed E-state index contributed by atoms with van der Waals surface area (Å²) in [6.07, 6.45) is 3.63. The van der Waals surface area contributed by atoms with Gasteiger partial charge in [0.1, 0.15) is 0 Å². The largest absolute Gasteiger partial charge is 0.493 e. The maximum absolute atomic E-state index is 13.1. The first-order valence-corrected chi connectivity index (χ1v) is 13.7. The number of likely N-dealkylation sites (N-methyl/N-ethyl adjacent to an activating group) is 1. The van der Waals surface area contributed by atoms with E-state index in [0.29, 0.717) is 42.7 Å². The molecule has 0 aliphatic carbocycles. The van der Waals surface area contributed by atoms with Crippen molar-refractivity contribution in [2.75, 3.05) is 40.9 Å². The number of sulfonamides is 1. The molecule has 0 bridgehead atoms. The quantitative estimate of drug-likeness (QED) is 0.359. The average molecular weight is 533 g/mol. The second kappa shape index (κ2) is 11.5. The van der Waals surface area contributed by atoms with Crippen molar-refractivity contribution >= 4 is 22.2 Å². The smallest absolute Gasteiger partial charge is 0.288 e. The van der Waals surface area contributed by atoms with E-state index in [2.05, 4.69) is 10.00 Å². The second-order valence-corrected chi connectivity index (χ2v) is 11.1. The van der Waals surface area contributed by atoms with Crippen LogP contribution in [0, 0.1) is 4.84 Å². The molecule has 2 heterocycles. The van der Waals surface area contributed by atoms with Crippen LogP contribution in [-0.4, -0.2) is 68.3 Å². The Hall–Kier alpha value is -2.73. The standard InChI is InChI=1S/C25H32N4O5S2/c1-27(15-12-19-10-11-22(32-2)23(16-19)33-3)18-29-25(35)34-24(26-29)20-8-7-9-21(17-20)36(30,31)28-13-5-4-6-14-28/h7-11,16-17H,4-6,12-15,18H2,1-3H3. The van der Waals surface area contributed by atoms with E-state index in [4.69, 9.17) is 26.1 Å². The monoisotopic (exact) mass is 532 g/mol. The van der Waals surface area contributed by atoms with Gasteiger partial charge in [-0.05, 0) is 74.4 Å². The lowest BCUT2D eigenvalue weighted by Gasteiger charge is -2.25. The number of hydrogen-bond acceptors (Lipinski definition) is 8. The van der Waals surface area contributed by atoms with Gasteiger partial charge < -0.3 is 13.9 Å². The number of piperidine rings is 1. The normalized spacial score (nSPS) is 14.8. The second-order valence-electron chi connectivity index (χ2n) is 8.83. The predicted molar refractivity (Wildman–Crippen MR) is 139 cm³/mol. The van der Waals surface area contributed by atoms with Crippen molar-refractivity contribution in [2.45, 2.75) is 37.2 Å². The Morgan fingerprint density at radius 3 is 2.53 bits per heavy atom. The van der Waals surface area contributed by atoms with Gasteiger partial charge in [-0.25, -0.2) is 13.1 Å². The van der Waals surface area contributed by atoms with Crippen LogP contribution >= 0.6 is 12.2 Å². The van der Waals surface area contributed by atoms with Crippen molar-refractivity contribution < 1.29 is 22.3 Å². The van der Waals surface area contributed by atoms with E-state index < -0.39 is 10.0 Å². The molecule has 0 saturated carbocycles. The van der Waals surface area contributed by atoms with Crippen LogP contribution in [0.25, 0.3) is 11.5 Å². The Bertz CT molecular complexity index is 1350. The number of nitrogens with zero attached hydrogens (tertiary/aromatic N) is 4. The Morgan fingerprint density at radius 2 is 1.81 bits per heavy atom. The molecule has 4 rings (SSSR count). The van der Waals surface area contributed by atoms with Crippen molar-refractivity contribution in [3.05, 3.63) is 52.9 Å². The molecule has 0 N–H and O–H groups in total. The number of hydrogen-bond donors (Lipinski definition) is 0. The Labute approximate surface area is 217 Å². The molecule has 1 aromatic heterocycles. The first-order chi connectivity index (χ1) is 17.3. The molecule has 9 nitrogen and oxygen atoms in total. The van der Waals surface area contributed by atoms with Crippen LogP contribution in [0.5, 0.6) is 11.5 Å². The van der Waals surface area contributed by atoms with Gasteiger partial charge in [0.2, 0.25) is 15.9 Å². The number of benzene rings is 2. The number of methoxy groups -OCH3 is 2. The van der Waals surface area contributed by atoms with Crippen molar-refractivity contribution in [3.63, 3.8) is 0 Å². The van der Waals surface area contributed by atoms with E-state index in [0.717, 1.165) is 37.8 Å². The molecule has 1 saturated heterocycles. The van der Waals surface area contributed by atoms with E-state index in [-0.39, 0.29) is 9.73 Å². The Kier molecular flexibility index (Phi) is 8.45. The summed E-state index contributed by atoms with van der Waals surface area (Å²) in [5.41, 5.74) is 1.70. The van der Waals surface area contributed by atoms with E-state index in [1.54, 1.807) is 47.5 Å². The highest BCUT2D eigenvalue weighted by Crippen LogP contribution is 2.28. The molecule has 194 valence electrons. The molecule has 0 spiro atoms. The van der Waals surface area contributed by atoms with Crippen molar-refractivity contribution in [2.24, 2.45) is 0 Å². The minimum Gasteiger partial charge on any atom is -0.493 e. The highest BCUT2D eigenvalue weighted by atomic mass is 32.2. The summed E-state index contributed by atoms with van der Waals surface area (Å²) in [6.45, 7) is 2.29. The van der Waals surface area contributed by atoms with Gasteiger partial charge in [0.15, 0.2) is 11.5 Å². The summed E-state index contributed by atoms with van der Waals surface area (Å²) < 4.78 is 45.7. The average Bonchev–Trinajstić information content (AvgIpc) is 3.27. The van der Waals surface area contributed by atoms with E-state index in [9.17, 15) is 8.42 Å². The summed E-state index contributed by atoms with van der Waals surface area (Å²) in [6, 6.07) is 12.6. The van der Waals surface area contributed by atoms with Gasteiger partial charge >= 0.3 is 0 Å². The van der Waals surface area contributed by atoms with Crippen LogP contribution in [0.3, 0.4) is 0 Å². The van der Waals surface area contributed by atoms with E-state index >= 15 is 0 Å². The third-order valence-electron chi connectivity index (χ3n) is 6.25. The van der Waals surface area contributed by atoms with Gasteiger partial charge in [-0.3, -0.25) is 4.90 Å². The maximum atomic E-state index is 13.1. The molecular formula is C25H32N4O5S2. The molecule has 11 heteroatoms. The summed E-state index contributed by atoms with van der Waals surface area (Å²) in [5, 5.41) is 4.52. The van der Waals surface area contributed by atoms with E-state index in [1.165, 1.54) is 0 Å². The molecule has 1 aliphatic rings. The van der Waals surface area contributed by atoms with Crippen LogP contribution in [0.4, 0.5) is 0 Å². The van der Waals surface area contributed by atoms with Crippen LogP contribution in [0.2, 0.25) is 0 Å². The number of aromatic nitrogens is 2. The predicted octanol–water partition coefficient (Wildman–Crippen LogP) is 4.20. The van der Waals surface area contributed by atoms with Crippen molar-refractivity contribution in [3.8, 4) is 23.0 Å². The molecule has 0 unspecified atom stereocenters. The fraction of sp³-hybridized carbons (Fsp3) is 0.440. The molecule has 0 atom stereocenters. The van der Waals surface area contributed by atoms with Crippen LogP contribution in [0.1, 0.15) is 24.8 Å². The fourth-order valence-electron chi connectivity index (χ4n) is 4.21. The summed E-state index contributed by atoms with van der Waals surface area (Å²) in [5.74, 6) is 1.69. The highest BCUT2D eigenvalue weighted by molar-refractivity contribution is 7.89. The maximum Gasteiger partial charge on any atom is 0.288 e. The summed E-state index contributed by atoms with van der Waals surface area (Å²) in [7, 11) is 1.66. The highest BCUT2D eigenvalue weighted by Gasteiger charge is 2.26. The fourth-order valence-corrected chi connectivity index (χ4v) is 5.95. The van der Waals surface area contributed by atoms with Gasteiger partial charge in [0.05, 0.1) is 25.8 Å². The zero-order chi connectivity index (χ0) is 25.7. The lowest BCUT2D eigenvalue weighted by atomic mass is 10.1. The van der Waals surface area contributed by atoms with Gasteiger partial charge in [-0.2, -0.15) is 4.31 Å². The third-order valence-corrected chi connectivity index (χ3v) is 8.43. The summed E-state index contributed by atoms with van der Waals surface area (Å²) in [4.78, 5) is 2.55. The molecule has 0 amide bonds. The molecular weight excluding hydrogens is 500 g/mol. The topological polar surface area (TPSA) is 90.0 Å². The minimum atomic E-state index is -3.55. The van der Waals surface area contributed by atoms with Gasteiger partial charge in [0, 0.05) is 25.2 Å². The Balaban J connectivity index is 1.44. The summed E-state index contributed by atoms with van der Waals surface area (Å²) >= 11 is 5.39. The minimum absolute atomic E-state index is 0.229. The molecule has 1 aliphatic heterocycles. The molecule has 2 aromatic carbocycles. The van der Waals surface area contributed by atoms with Crippen molar-refractivity contribution in [1.82, 2.24) is 19.0 Å². The third kappa shape index (κ3) is 5.97. The van der Waals surface area contributed by atoms with Gasteiger partial charge in [-0.15, -0.1) is 5.10 Å². The van der Waals surface area contributed by atoms with E-state index in [1.807, 2.05) is 25.2 Å². The lowest BCUT2D eigenvalue weighted by Crippen LogP contribution is -2.35. The van der Waals surface area contributed by atoms with Gasteiger partial charge in [-0.1, -0.05) is 18.6 Å². The Morgan fingerprint density at radius 1 is 1.06 bits per heavy atom. The zero-order valence-electron chi connectivity index (χ0n) is 20.8. The molecule has 36 heavy (non-hydrogen) atoms. The lowest BCUT2D eigenvalue weighted by molar-refractivity contribution is 0.251. The first-order valence-electron chi connectivity index (χ1n) is 11.9. The molecule has 1 fully saturated rings.